The molecule has 0 aliphatic carbocycles. The third-order valence-electron chi connectivity index (χ3n) is 5.34. The quantitative estimate of drug-likeness (QED) is 0.812. The van der Waals surface area contributed by atoms with Crippen LogP contribution in [-0.2, 0) is 16.0 Å². The predicted molar refractivity (Wildman–Crippen MR) is 114 cm³/mol. The Hall–Kier alpha value is -2.33. The van der Waals surface area contributed by atoms with Gasteiger partial charge in [0.25, 0.3) is 0 Å². The van der Waals surface area contributed by atoms with Gasteiger partial charge in [-0.05, 0) is 56.4 Å². The molecule has 2 aromatic rings. The summed E-state index contributed by atoms with van der Waals surface area (Å²) >= 11 is 6.30. The van der Waals surface area contributed by atoms with Gasteiger partial charge in [-0.1, -0.05) is 47.5 Å². The summed E-state index contributed by atoms with van der Waals surface area (Å²) in [6.07, 6.45) is 1.76. The van der Waals surface area contributed by atoms with Crippen LogP contribution in [0.5, 0.6) is 0 Å². The second kappa shape index (κ2) is 8.78. The topological polar surface area (TPSA) is 49.4 Å². The number of piperidine rings is 1. The number of aryl methyl sites for hydroxylation is 3. The Labute approximate surface area is 171 Å². The highest BCUT2D eigenvalue weighted by atomic mass is 35.5. The van der Waals surface area contributed by atoms with Crippen molar-refractivity contribution in [1.29, 1.82) is 0 Å². The van der Waals surface area contributed by atoms with Crippen LogP contribution in [0.2, 0.25) is 5.02 Å². The van der Waals surface area contributed by atoms with E-state index in [0.717, 1.165) is 22.3 Å². The van der Waals surface area contributed by atoms with Gasteiger partial charge >= 0.3 is 0 Å². The molecule has 0 saturated carbocycles. The fraction of sp³-hybridized carbons (Fsp3) is 0.391. The fourth-order valence-electron chi connectivity index (χ4n) is 3.80. The molecule has 2 aromatic carbocycles. The Balaban J connectivity index is 1.55. The first-order valence-corrected chi connectivity index (χ1v) is 10.1. The zero-order chi connectivity index (χ0) is 20.3. The molecule has 0 unspecified atom stereocenters. The third-order valence-corrected chi connectivity index (χ3v) is 5.63. The van der Waals surface area contributed by atoms with Crippen molar-refractivity contribution in [3.05, 3.63) is 63.7 Å². The smallest absolute Gasteiger partial charge is 0.227 e. The van der Waals surface area contributed by atoms with E-state index in [0.29, 0.717) is 43.1 Å². The third kappa shape index (κ3) is 4.93. The molecule has 0 atom stereocenters. The lowest BCUT2D eigenvalue weighted by Gasteiger charge is -2.31. The van der Waals surface area contributed by atoms with E-state index in [9.17, 15) is 9.59 Å². The number of halogens is 1. The van der Waals surface area contributed by atoms with Crippen molar-refractivity contribution in [3.8, 4) is 0 Å². The number of carbonyl (C=O) groups excluding carboxylic acids is 2. The lowest BCUT2D eigenvalue weighted by Crippen LogP contribution is -2.42. The molecule has 1 N–H and O–H groups in total. The summed E-state index contributed by atoms with van der Waals surface area (Å²) < 4.78 is 0. The monoisotopic (exact) mass is 398 g/mol. The molecule has 148 valence electrons. The molecular formula is C23H27ClN2O2. The maximum atomic E-state index is 12.7. The van der Waals surface area contributed by atoms with E-state index in [4.69, 9.17) is 11.6 Å². The second-order valence-electron chi connectivity index (χ2n) is 7.75. The van der Waals surface area contributed by atoms with Crippen molar-refractivity contribution in [1.82, 2.24) is 4.90 Å². The normalized spacial score (nSPS) is 14.8. The molecule has 1 aliphatic rings. The zero-order valence-corrected chi connectivity index (χ0v) is 17.5. The lowest BCUT2D eigenvalue weighted by molar-refractivity contribution is -0.133. The molecule has 4 nitrogen and oxygen atoms in total. The summed E-state index contributed by atoms with van der Waals surface area (Å²) in [4.78, 5) is 27.1. The van der Waals surface area contributed by atoms with E-state index in [1.165, 1.54) is 0 Å². The number of rotatable bonds is 4. The molecular weight excluding hydrogens is 372 g/mol. The maximum Gasteiger partial charge on any atom is 0.227 e. The largest absolute Gasteiger partial charge is 0.342 e. The summed E-state index contributed by atoms with van der Waals surface area (Å²) in [5, 5.41) is 3.56. The van der Waals surface area contributed by atoms with E-state index >= 15 is 0 Å². The lowest BCUT2D eigenvalue weighted by atomic mass is 9.95. The van der Waals surface area contributed by atoms with Crippen molar-refractivity contribution in [2.75, 3.05) is 18.4 Å². The van der Waals surface area contributed by atoms with Crippen LogP contribution in [0.25, 0.3) is 0 Å². The Kier molecular flexibility index (Phi) is 6.40. The van der Waals surface area contributed by atoms with Crippen molar-refractivity contribution in [2.24, 2.45) is 5.92 Å². The summed E-state index contributed by atoms with van der Waals surface area (Å²) in [6, 6.07) is 11.9. The fourth-order valence-corrected chi connectivity index (χ4v) is 4.17. The van der Waals surface area contributed by atoms with Crippen LogP contribution in [0, 0.1) is 26.7 Å². The number of anilines is 1. The van der Waals surface area contributed by atoms with Gasteiger partial charge in [0.05, 0.1) is 17.1 Å². The van der Waals surface area contributed by atoms with Crippen LogP contribution >= 0.6 is 11.6 Å². The Morgan fingerprint density at radius 2 is 1.79 bits per heavy atom. The van der Waals surface area contributed by atoms with Gasteiger partial charge in [0.2, 0.25) is 11.8 Å². The average molecular weight is 399 g/mol. The van der Waals surface area contributed by atoms with Gasteiger partial charge in [-0.2, -0.15) is 0 Å². The van der Waals surface area contributed by atoms with Crippen molar-refractivity contribution < 1.29 is 9.59 Å². The minimum Gasteiger partial charge on any atom is -0.342 e. The highest BCUT2D eigenvalue weighted by molar-refractivity contribution is 6.34. The minimum absolute atomic E-state index is 0.0142. The van der Waals surface area contributed by atoms with E-state index in [2.05, 4.69) is 5.32 Å². The summed E-state index contributed by atoms with van der Waals surface area (Å²) in [7, 11) is 0. The average Bonchev–Trinajstić information content (AvgIpc) is 2.64. The molecule has 0 radical (unpaired) electrons. The zero-order valence-electron chi connectivity index (χ0n) is 16.7. The predicted octanol–water partition coefficient (Wildman–Crippen LogP) is 4.69. The van der Waals surface area contributed by atoms with Gasteiger partial charge in [0, 0.05) is 19.0 Å². The maximum absolute atomic E-state index is 12.7. The highest BCUT2D eigenvalue weighted by Crippen LogP contribution is 2.29. The van der Waals surface area contributed by atoms with Crippen molar-refractivity contribution >= 4 is 29.1 Å². The molecule has 0 bridgehead atoms. The van der Waals surface area contributed by atoms with Crippen LogP contribution in [0.4, 0.5) is 5.69 Å². The molecule has 5 heteroatoms. The molecule has 2 amide bonds. The van der Waals surface area contributed by atoms with E-state index in [1.807, 2.05) is 62.1 Å². The number of benzene rings is 2. The summed E-state index contributed by atoms with van der Waals surface area (Å²) in [5.41, 5.74) is 4.92. The Bertz CT molecular complexity index is 863. The van der Waals surface area contributed by atoms with Gasteiger partial charge in [0.15, 0.2) is 0 Å². The number of hydrogen-bond acceptors (Lipinski definition) is 2. The Morgan fingerprint density at radius 3 is 2.43 bits per heavy atom. The van der Waals surface area contributed by atoms with Gasteiger partial charge in [-0.3, -0.25) is 9.59 Å². The minimum atomic E-state index is -0.0974. The number of likely N-dealkylation sites (tertiary alicyclic amines) is 1. The van der Waals surface area contributed by atoms with Crippen LogP contribution < -0.4 is 5.32 Å². The number of hydrogen-bond donors (Lipinski definition) is 1. The summed E-state index contributed by atoms with van der Waals surface area (Å²) in [6.45, 7) is 7.18. The van der Waals surface area contributed by atoms with Gasteiger partial charge in [-0.15, -0.1) is 0 Å². The molecule has 1 aliphatic heterocycles. The number of nitrogens with one attached hydrogen (secondary N) is 1. The SMILES string of the molecule is Cc1cccc(CC(=O)N2CCC(C(=O)Nc3c(C)cc(C)cc3Cl)CC2)c1. The highest BCUT2D eigenvalue weighted by Gasteiger charge is 2.28. The van der Waals surface area contributed by atoms with Gasteiger partial charge in [-0.25, -0.2) is 0 Å². The van der Waals surface area contributed by atoms with Crippen molar-refractivity contribution in [3.63, 3.8) is 0 Å². The molecule has 1 saturated heterocycles. The first kappa shape index (κ1) is 20.4. The molecule has 1 heterocycles. The number of nitrogens with zero attached hydrogens (tertiary/aromatic N) is 1. The van der Waals surface area contributed by atoms with Crippen LogP contribution in [0.1, 0.15) is 35.1 Å². The molecule has 3 rings (SSSR count). The van der Waals surface area contributed by atoms with E-state index < -0.39 is 0 Å². The molecule has 0 spiro atoms. The molecule has 1 fully saturated rings. The van der Waals surface area contributed by atoms with E-state index in [-0.39, 0.29) is 17.7 Å². The van der Waals surface area contributed by atoms with Gasteiger partial charge in [0.1, 0.15) is 0 Å². The van der Waals surface area contributed by atoms with Crippen molar-refractivity contribution in [2.45, 2.75) is 40.0 Å². The Morgan fingerprint density at radius 1 is 1.07 bits per heavy atom. The first-order chi connectivity index (χ1) is 13.3. The molecule has 28 heavy (non-hydrogen) atoms. The van der Waals surface area contributed by atoms with Crippen LogP contribution in [-0.4, -0.2) is 29.8 Å². The second-order valence-corrected chi connectivity index (χ2v) is 8.16. The standard InChI is InChI=1S/C23H27ClN2O2/c1-15-5-4-6-18(12-15)14-21(27)26-9-7-19(8-10-26)23(28)25-22-17(3)11-16(2)13-20(22)24/h4-6,11-13,19H,7-10,14H2,1-3H3,(H,25,28). The first-order valence-electron chi connectivity index (χ1n) is 9.74. The summed E-state index contributed by atoms with van der Waals surface area (Å²) in [5.74, 6) is 0.0151. The number of carbonyl (C=O) groups is 2. The number of amides is 2. The van der Waals surface area contributed by atoms with E-state index in [1.54, 1.807) is 0 Å². The van der Waals surface area contributed by atoms with Gasteiger partial charge < -0.3 is 10.2 Å². The van der Waals surface area contributed by atoms with Crippen LogP contribution in [0.15, 0.2) is 36.4 Å². The molecule has 0 aromatic heterocycles. The van der Waals surface area contributed by atoms with Crippen LogP contribution in [0.3, 0.4) is 0 Å².